The second kappa shape index (κ2) is 15.2. The summed E-state index contributed by atoms with van der Waals surface area (Å²) >= 11 is 0. The van der Waals surface area contributed by atoms with E-state index in [1.54, 1.807) is 0 Å². The van der Waals surface area contributed by atoms with E-state index >= 15 is 0 Å². The summed E-state index contributed by atoms with van der Waals surface area (Å²) in [7, 11) is 1.44. The maximum Gasteiger partial charge on any atom is 0.312 e. The molecule has 0 unspecified atom stereocenters. The molecular formula is C43H68O15. The summed E-state index contributed by atoms with van der Waals surface area (Å²) < 4.78 is 29.3. The number of hydrogen-bond donors (Lipinski definition) is 8. The average Bonchev–Trinajstić information content (AvgIpc) is 3.18. The van der Waals surface area contributed by atoms with E-state index in [0.717, 1.165) is 32.1 Å². The van der Waals surface area contributed by atoms with Gasteiger partial charge in [-0.1, -0.05) is 46.3 Å². The lowest BCUT2D eigenvalue weighted by atomic mass is 9.33. The standard InChI is InChI=1S/C43H68O15/c1-38(2)25-10-13-42(6)26(9-8-21-22-18-39(3,36(51)52)14-16-43(22,37(53)54-7)17-15-41(21,42)5)40(25,4)12-11-27(38)57-34-32(50)30(48)33(24(20-45)56-34)58-35-31(49)29(47)28(46)23(19-44)55-35/h8,22-35,44-50H,9-20H2,1-7H3,(H,51,52)/t22-,23-,24-,25+,26-,27+,28-,29+,30-,31-,32-,33-,34+,35+,39-,40+,41-,42+,43-/m0/s1. The lowest BCUT2D eigenvalue weighted by molar-refractivity contribution is -0.368. The molecule has 0 spiro atoms. The fraction of sp³-hybridized carbons (Fsp3) is 0.907. The first-order valence-corrected chi connectivity index (χ1v) is 21.4. The van der Waals surface area contributed by atoms with Crippen LogP contribution in [0.3, 0.4) is 0 Å². The predicted molar refractivity (Wildman–Crippen MR) is 204 cm³/mol. The molecule has 0 radical (unpaired) electrons. The first-order chi connectivity index (χ1) is 27.1. The Bertz CT molecular complexity index is 1600. The molecule has 58 heavy (non-hydrogen) atoms. The smallest absolute Gasteiger partial charge is 0.312 e. The van der Waals surface area contributed by atoms with E-state index in [1.165, 1.54) is 12.7 Å². The largest absolute Gasteiger partial charge is 0.481 e. The average molecular weight is 825 g/mol. The quantitative estimate of drug-likeness (QED) is 0.0993. The number of allylic oxidation sites excluding steroid dienone is 2. The van der Waals surface area contributed by atoms with Crippen molar-refractivity contribution in [3.63, 3.8) is 0 Å². The SMILES string of the molecule is COC(=O)[C@]12CC[C@](C)(C(=O)O)C[C@H]1C1=CC[C@H]3[C@]4(C)CC[C@@H](O[C@H]5O[C@@H](CO)[C@H](O[C@H]6O[C@@H](CO)[C@H](O)[C@@H](O)[C@@H]6O)[C@@H](O)[C@@H]5O)C(C)(C)[C@H]4CC[C@@]3(C)[C@@]1(C)CC2. The van der Waals surface area contributed by atoms with E-state index in [0.29, 0.717) is 38.0 Å². The van der Waals surface area contributed by atoms with Gasteiger partial charge in [0.1, 0.15) is 48.8 Å². The number of carboxylic acids is 1. The van der Waals surface area contributed by atoms with Crippen LogP contribution in [0.15, 0.2) is 11.6 Å². The van der Waals surface area contributed by atoms with Crippen molar-refractivity contribution in [2.24, 2.45) is 50.2 Å². The molecule has 5 aliphatic carbocycles. The number of hydrogen-bond acceptors (Lipinski definition) is 14. The van der Waals surface area contributed by atoms with Crippen LogP contribution in [-0.2, 0) is 33.3 Å². The monoisotopic (exact) mass is 824 g/mol. The highest BCUT2D eigenvalue weighted by atomic mass is 16.7. The normalized spacial score (nSPS) is 52.6. The van der Waals surface area contributed by atoms with Crippen molar-refractivity contribution in [2.45, 2.75) is 173 Å². The summed E-state index contributed by atoms with van der Waals surface area (Å²) in [5.41, 5.74) is -1.30. The molecule has 0 aromatic heterocycles. The summed E-state index contributed by atoms with van der Waals surface area (Å²) in [6, 6.07) is 0. The molecule has 8 N–H and O–H groups in total. The van der Waals surface area contributed by atoms with Crippen LogP contribution in [0.2, 0.25) is 0 Å². The van der Waals surface area contributed by atoms with Gasteiger partial charge in [-0.15, -0.1) is 0 Å². The number of ether oxygens (including phenoxy) is 5. The maximum atomic E-state index is 13.7. The molecule has 330 valence electrons. The number of fused-ring (bicyclic) bond motifs is 7. The Morgan fingerprint density at radius 2 is 1.36 bits per heavy atom. The van der Waals surface area contributed by atoms with E-state index in [-0.39, 0.29) is 40.2 Å². The third-order valence-corrected chi connectivity index (χ3v) is 17.7. The molecule has 19 atom stereocenters. The van der Waals surface area contributed by atoms with Crippen LogP contribution in [0.25, 0.3) is 0 Å². The molecule has 0 bridgehead atoms. The highest BCUT2D eigenvalue weighted by molar-refractivity contribution is 5.80. The molecule has 2 aliphatic heterocycles. The second-order valence-electron chi connectivity index (χ2n) is 20.6. The van der Waals surface area contributed by atoms with Crippen molar-refractivity contribution in [1.82, 2.24) is 0 Å². The third kappa shape index (κ3) is 6.38. The zero-order valence-corrected chi connectivity index (χ0v) is 35.1. The molecule has 2 heterocycles. The fourth-order valence-corrected chi connectivity index (χ4v) is 13.9. The van der Waals surface area contributed by atoms with Gasteiger partial charge in [0.2, 0.25) is 0 Å². The number of methoxy groups -OCH3 is 1. The number of carbonyl (C=O) groups is 2. The van der Waals surface area contributed by atoms with E-state index in [9.17, 15) is 50.4 Å². The Kier molecular flexibility index (Phi) is 11.6. The Morgan fingerprint density at radius 3 is 2.00 bits per heavy atom. The molecule has 0 aromatic rings. The Labute approximate surface area is 341 Å². The summed E-state index contributed by atoms with van der Waals surface area (Å²) in [5.74, 6) is -0.746. The molecule has 7 rings (SSSR count). The molecule has 7 aliphatic rings. The number of aliphatic hydroxyl groups is 7. The van der Waals surface area contributed by atoms with Gasteiger partial charge in [-0.2, -0.15) is 0 Å². The zero-order chi connectivity index (χ0) is 42.5. The number of rotatable bonds is 8. The van der Waals surface area contributed by atoms with Crippen molar-refractivity contribution >= 4 is 11.9 Å². The van der Waals surface area contributed by atoms with Crippen LogP contribution in [0.5, 0.6) is 0 Å². The summed E-state index contributed by atoms with van der Waals surface area (Å²) in [6.07, 6.45) is -6.29. The minimum Gasteiger partial charge on any atom is -0.481 e. The Balaban J connectivity index is 1.10. The molecule has 0 aromatic carbocycles. The van der Waals surface area contributed by atoms with Crippen molar-refractivity contribution in [2.75, 3.05) is 20.3 Å². The molecule has 2 saturated heterocycles. The van der Waals surface area contributed by atoms with Crippen LogP contribution in [0.4, 0.5) is 0 Å². The van der Waals surface area contributed by atoms with Crippen LogP contribution >= 0.6 is 0 Å². The fourth-order valence-electron chi connectivity index (χ4n) is 13.9. The molecule has 0 amide bonds. The lowest BCUT2D eigenvalue weighted by Gasteiger charge is -2.71. The molecular weight excluding hydrogens is 756 g/mol. The summed E-state index contributed by atoms with van der Waals surface area (Å²) in [5, 5.41) is 83.9. The first kappa shape index (κ1) is 44.3. The minimum atomic E-state index is -1.76. The van der Waals surface area contributed by atoms with Gasteiger partial charge in [0.25, 0.3) is 0 Å². The molecule has 6 fully saturated rings. The predicted octanol–water partition coefficient (Wildman–Crippen LogP) is 2.04. The van der Waals surface area contributed by atoms with Crippen molar-refractivity contribution in [3.8, 4) is 0 Å². The zero-order valence-electron chi connectivity index (χ0n) is 35.1. The van der Waals surface area contributed by atoms with Crippen molar-refractivity contribution in [1.29, 1.82) is 0 Å². The summed E-state index contributed by atoms with van der Waals surface area (Å²) in [6.45, 7) is 12.1. The number of aliphatic carboxylic acids is 1. The highest BCUT2D eigenvalue weighted by Crippen LogP contribution is 2.76. The number of aliphatic hydroxyl groups excluding tert-OH is 7. The molecule has 4 saturated carbocycles. The lowest BCUT2D eigenvalue weighted by Crippen LogP contribution is -2.67. The highest BCUT2D eigenvalue weighted by Gasteiger charge is 2.70. The molecule has 15 nitrogen and oxygen atoms in total. The van der Waals surface area contributed by atoms with E-state index in [1.807, 2.05) is 6.92 Å². The molecule has 15 heteroatoms. The maximum absolute atomic E-state index is 13.7. The van der Waals surface area contributed by atoms with Crippen LogP contribution in [-0.4, -0.2) is 141 Å². The summed E-state index contributed by atoms with van der Waals surface area (Å²) in [4.78, 5) is 26.3. The van der Waals surface area contributed by atoms with Gasteiger partial charge < -0.3 is 64.5 Å². The van der Waals surface area contributed by atoms with Gasteiger partial charge in [-0.05, 0) is 111 Å². The van der Waals surface area contributed by atoms with Crippen LogP contribution in [0, 0.1) is 50.2 Å². The van der Waals surface area contributed by atoms with E-state index < -0.39 is 96.8 Å². The number of carboxylic acid groups (broad SMARTS) is 1. The van der Waals surface area contributed by atoms with Gasteiger partial charge >= 0.3 is 11.9 Å². The van der Waals surface area contributed by atoms with Gasteiger partial charge in [0.05, 0.1) is 37.3 Å². The van der Waals surface area contributed by atoms with Crippen molar-refractivity contribution < 1.29 is 74.1 Å². The van der Waals surface area contributed by atoms with Gasteiger partial charge in [0.15, 0.2) is 12.6 Å². The van der Waals surface area contributed by atoms with Crippen LogP contribution < -0.4 is 0 Å². The van der Waals surface area contributed by atoms with Gasteiger partial charge in [-0.3, -0.25) is 9.59 Å². The van der Waals surface area contributed by atoms with Gasteiger partial charge in [0, 0.05) is 0 Å². The Hall–Kier alpha value is -1.76. The van der Waals surface area contributed by atoms with Gasteiger partial charge in [-0.25, -0.2) is 0 Å². The Morgan fingerprint density at radius 1 is 0.741 bits per heavy atom. The van der Waals surface area contributed by atoms with E-state index in [4.69, 9.17) is 23.7 Å². The van der Waals surface area contributed by atoms with E-state index in [2.05, 4.69) is 40.7 Å². The first-order valence-electron chi connectivity index (χ1n) is 21.4. The van der Waals surface area contributed by atoms with Crippen molar-refractivity contribution in [3.05, 3.63) is 11.6 Å². The third-order valence-electron chi connectivity index (χ3n) is 17.7. The minimum absolute atomic E-state index is 0.107. The second-order valence-corrected chi connectivity index (χ2v) is 20.6. The van der Waals surface area contributed by atoms with Crippen LogP contribution in [0.1, 0.15) is 106 Å². The topological polar surface area (TPSA) is 242 Å². The number of esters is 1. The number of carbonyl (C=O) groups excluding carboxylic acids is 1.